The summed E-state index contributed by atoms with van der Waals surface area (Å²) in [6.07, 6.45) is 19.4. The van der Waals surface area contributed by atoms with Gasteiger partial charge in [-0.1, -0.05) is 66.7 Å². The summed E-state index contributed by atoms with van der Waals surface area (Å²) in [7, 11) is -5.01. The summed E-state index contributed by atoms with van der Waals surface area (Å²) in [5.41, 5.74) is 0. The zero-order chi connectivity index (χ0) is 20.3. The highest BCUT2D eigenvalue weighted by Gasteiger charge is 2.34. The second kappa shape index (κ2) is 18.7. The van der Waals surface area contributed by atoms with Gasteiger partial charge in [0.15, 0.2) is 0 Å². The van der Waals surface area contributed by atoms with Crippen LogP contribution >= 0.6 is 7.26 Å². The molecule has 0 rings (SSSR count). The lowest BCUT2D eigenvalue weighted by Gasteiger charge is -2.28. The summed E-state index contributed by atoms with van der Waals surface area (Å²) in [4.78, 5) is 0. The predicted molar refractivity (Wildman–Crippen MR) is 117 cm³/mol. The van der Waals surface area contributed by atoms with Crippen molar-refractivity contribution in [2.75, 3.05) is 31.3 Å². The van der Waals surface area contributed by atoms with Crippen molar-refractivity contribution in [3.05, 3.63) is 0 Å². The number of unbranched alkanes of at least 4 members (excludes halogenated alkanes) is 5. The molecule has 160 valence electrons. The van der Waals surface area contributed by atoms with Crippen LogP contribution in [0, 0.1) is 0 Å². The number of hydrogen-bond donors (Lipinski definition) is 0. The van der Waals surface area contributed by atoms with E-state index in [0.29, 0.717) is 6.42 Å². The van der Waals surface area contributed by atoms with Gasteiger partial charge in [0.1, 0.15) is 0 Å². The molecule has 0 unspecified atom stereocenters. The fourth-order valence-corrected chi connectivity index (χ4v) is 8.56. The van der Waals surface area contributed by atoms with E-state index in [4.69, 9.17) is 0 Å². The second-order valence-electron chi connectivity index (χ2n) is 7.23. The van der Waals surface area contributed by atoms with E-state index < -0.39 is 17.7 Å². The van der Waals surface area contributed by atoms with Crippen LogP contribution in [0.1, 0.15) is 98.8 Å². The van der Waals surface area contributed by atoms with Gasteiger partial charge in [-0.2, -0.15) is 0 Å². The smallest absolute Gasteiger partial charge is 0.217 e. The Labute approximate surface area is 165 Å². The Bertz CT molecular complexity index is 348. The summed E-state index contributed by atoms with van der Waals surface area (Å²) in [5, 5.41) is 0. The van der Waals surface area contributed by atoms with E-state index >= 15 is 0 Å². The molecule has 0 amide bonds. The molecule has 26 heavy (non-hydrogen) atoms. The van der Waals surface area contributed by atoms with E-state index in [0.717, 1.165) is 6.42 Å². The Balaban J connectivity index is 0. The van der Waals surface area contributed by atoms with Crippen molar-refractivity contribution in [3.63, 3.8) is 0 Å². The molecular weight excluding hydrogens is 367 g/mol. The standard InChI is InChI=1S/C16H36P.C4H10O4S/c1-5-9-13-17(14-10-6-2,15-11-7-3)16-12-8-4;1-2-3-4-8-9(5,6)7/h5-16H2,1-4H3;2-4H2,1H3,(H,5,6,7)/q+1;/p-1. The zero-order valence-electron chi connectivity index (χ0n) is 18.1. The van der Waals surface area contributed by atoms with Gasteiger partial charge in [0.2, 0.25) is 10.4 Å². The van der Waals surface area contributed by atoms with E-state index in [-0.39, 0.29) is 6.61 Å². The first-order valence-electron chi connectivity index (χ1n) is 10.8. The molecule has 0 heterocycles. The maximum atomic E-state index is 9.73. The van der Waals surface area contributed by atoms with Gasteiger partial charge in [-0.15, -0.1) is 0 Å². The molecule has 0 aromatic carbocycles. The van der Waals surface area contributed by atoms with Crippen LogP contribution in [-0.4, -0.2) is 44.2 Å². The lowest BCUT2D eigenvalue weighted by atomic mass is 10.4. The highest BCUT2D eigenvalue weighted by molar-refractivity contribution is 7.80. The van der Waals surface area contributed by atoms with Crippen molar-refractivity contribution in [1.29, 1.82) is 0 Å². The van der Waals surface area contributed by atoms with E-state index in [1.807, 2.05) is 6.92 Å². The largest absolute Gasteiger partial charge is 0.726 e. The van der Waals surface area contributed by atoms with Gasteiger partial charge in [-0.05, 0) is 32.1 Å². The first kappa shape index (κ1) is 28.5. The van der Waals surface area contributed by atoms with Gasteiger partial charge in [0.25, 0.3) is 0 Å². The summed E-state index contributed by atoms with van der Waals surface area (Å²) in [5.74, 6) is 0. The molecule has 0 spiro atoms. The van der Waals surface area contributed by atoms with Gasteiger partial charge in [0.05, 0.1) is 31.3 Å². The molecule has 0 aromatic heterocycles. The van der Waals surface area contributed by atoms with E-state index in [9.17, 15) is 13.0 Å². The minimum Gasteiger partial charge on any atom is -0.726 e. The Hall–Kier alpha value is 0.300. The first-order chi connectivity index (χ1) is 12.3. The molecule has 0 aliphatic rings. The van der Waals surface area contributed by atoms with Crippen LogP contribution in [0.25, 0.3) is 0 Å². The minimum absolute atomic E-state index is 0.00231. The van der Waals surface area contributed by atoms with Gasteiger partial charge in [-0.25, -0.2) is 8.42 Å². The first-order valence-corrected chi connectivity index (χ1v) is 14.6. The molecule has 0 atom stereocenters. The predicted octanol–water partition coefficient (Wildman–Crippen LogP) is 6.47. The normalized spacial score (nSPS) is 11.9. The fourth-order valence-electron chi connectivity index (χ4n) is 2.95. The molecule has 0 saturated heterocycles. The highest BCUT2D eigenvalue weighted by atomic mass is 32.3. The number of hydrogen-bond acceptors (Lipinski definition) is 4. The maximum absolute atomic E-state index is 9.73. The molecule has 0 fully saturated rings. The summed E-state index contributed by atoms with van der Waals surface area (Å²) in [6, 6.07) is 0. The second-order valence-corrected chi connectivity index (χ2v) is 12.8. The van der Waals surface area contributed by atoms with Crippen molar-refractivity contribution in [2.24, 2.45) is 0 Å². The van der Waals surface area contributed by atoms with E-state index in [2.05, 4.69) is 31.9 Å². The van der Waals surface area contributed by atoms with Crippen molar-refractivity contribution < 1.29 is 17.2 Å². The van der Waals surface area contributed by atoms with Crippen LogP contribution in [-0.2, 0) is 14.6 Å². The average molecular weight is 413 g/mol. The Kier molecular flexibility index (Phi) is 20.5. The third kappa shape index (κ3) is 19.1. The third-order valence-corrected chi connectivity index (χ3v) is 10.2. The molecular formula is C20H45O4PS. The van der Waals surface area contributed by atoms with E-state index in [1.165, 1.54) is 51.4 Å². The minimum atomic E-state index is -4.45. The van der Waals surface area contributed by atoms with Crippen molar-refractivity contribution in [3.8, 4) is 0 Å². The van der Waals surface area contributed by atoms with Crippen molar-refractivity contribution in [1.82, 2.24) is 0 Å². The molecule has 0 aromatic rings. The molecule has 0 aliphatic heterocycles. The van der Waals surface area contributed by atoms with Crippen LogP contribution in [0.4, 0.5) is 0 Å². The van der Waals surface area contributed by atoms with Gasteiger partial charge in [-0.3, -0.25) is 4.18 Å². The van der Waals surface area contributed by atoms with Crippen molar-refractivity contribution in [2.45, 2.75) is 98.8 Å². The molecule has 0 aliphatic carbocycles. The van der Waals surface area contributed by atoms with Crippen LogP contribution in [0.3, 0.4) is 0 Å². The Morgan fingerprint density at radius 1 is 0.654 bits per heavy atom. The van der Waals surface area contributed by atoms with E-state index in [1.54, 1.807) is 24.6 Å². The van der Waals surface area contributed by atoms with Gasteiger partial charge < -0.3 is 4.55 Å². The lowest BCUT2D eigenvalue weighted by molar-refractivity contribution is 0.257. The monoisotopic (exact) mass is 412 g/mol. The Morgan fingerprint density at radius 3 is 1.19 bits per heavy atom. The molecule has 6 heteroatoms. The molecule has 0 bridgehead atoms. The zero-order valence-corrected chi connectivity index (χ0v) is 19.8. The lowest BCUT2D eigenvalue weighted by Crippen LogP contribution is -2.12. The molecule has 0 radical (unpaired) electrons. The fraction of sp³-hybridized carbons (Fsp3) is 1.00. The maximum Gasteiger partial charge on any atom is 0.217 e. The molecule has 0 saturated carbocycles. The van der Waals surface area contributed by atoms with Crippen molar-refractivity contribution >= 4 is 17.7 Å². The molecule has 0 N–H and O–H groups in total. The van der Waals surface area contributed by atoms with Crippen LogP contribution in [0.15, 0.2) is 0 Å². The summed E-state index contributed by atoms with van der Waals surface area (Å²) in [6.45, 7) is 11.3. The SMILES string of the molecule is CCCCOS(=O)(=O)[O-].CCCC[P+](CCCC)(CCCC)CCCC. The molecule has 4 nitrogen and oxygen atoms in total. The highest BCUT2D eigenvalue weighted by Crippen LogP contribution is 2.61. The summed E-state index contributed by atoms with van der Waals surface area (Å²) >= 11 is 0. The Morgan fingerprint density at radius 2 is 0.962 bits per heavy atom. The van der Waals surface area contributed by atoms with Crippen LogP contribution < -0.4 is 0 Å². The summed E-state index contributed by atoms with van der Waals surface area (Å²) < 4.78 is 33.1. The van der Waals surface area contributed by atoms with Crippen LogP contribution in [0.2, 0.25) is 0 Å². The topological polar surface area (TPSA) is 66.4 Å². The van der Waals surface area contributed by atoms with Gasteiger partial charge in [0, 0.05) is 7.26 Å². The number of rotatable bonds is 16. The van der Waals surface area contributed by atoms with Crippen LogP contribution in [0.5, 0.6) is 0 Å². The van der Waals surface area contributed by atoms with Gasteiger partial charge >= 0.3 is 0 Å². The quantitative estimate of drug-likeness (QED) is 0.126. The third-order valence-electron chi connectivity index (χ3n) is 4.67. The average Bonchev–Trinajstić information content (AvgIpc) is 2.60.